The minimum Gasteiger partial charge on any atom is -0.756 e. The highest BCUT2D eigenvalue weighted by atomic mass is 31.2. The Labute approximate surface area is 458 Å². The van der Waals surface area contributed by atoms with Gasteiger partial charge in [-0.1, -0.05) is 255 Å². The number of unbranched alkanes of at least 4 members (excludes halogenated alkanes) is 32. The van der Waals surface area contributed by atoms with Gasteiger partial charge in [0.05, 0.1) is 33.8 Å². The van der Waals surface area contributed by atoms with Crippen LogP contribution in [0.25, 0.3) is 0 Å². The number of allylic oxidation sites excluding steroid dienone is 9. The van der Waals surface area contributed by atoms with Crippen molar-refractivity contribution in [3.63, 3.8) is 0 Å². The second-order valence-electron chi connectivity index (χ2n) is 22.2. The molecule has 0 aliphatic carbocycles. The van der Waals surface area contributed by atoms with Gasteiger partial charge in [0, 0.05) is 12.8 Å². The molecular formula is C64H119N2O7P. The summed E-state index contributed by atoms with van der Waals surface area (Å²) in [7, 11) is 1.18. The SMILES string of the molecule is CCCCC/C=C\C/C=C\C/C=C\C/C=C\CCCCCCCCCC(=O)OC(/C=C/CCCCCCCCCCC)C(COP(=O)([O-])OCC[N+](C)(C)C)NC(=O)CCCCCCCCCCCCCCCC. The average molecular weight is 1060 g/mol. The lowest BCUT2D eigenvalue weighted by Crippen LogP contribution is -2.47. The molecule has 0 bridgehead atoms. The fourth-order valence-corrected chi connectivity index (χ4v) is 9.58. The molecule has 1 N–H and O–H groups in total. The van der Waals surface area contributed by atoms with E-state index in [1.807, 2.05) is 33.3 Å². The van der Waals surface area contributed by atoms with Crippen molar-refractivity contribution in [3.05, 3.63) is 60.8 Å². The molecule has 74 heavy (non-hydrogen) atoms. The number of quaternary nitrogens is 1. The van der Waals surface area contributed by atoms with E-state index in [2.05, 4.69) is 74.7 Å². The van der Waals surface area contributed by atoms with Gasteiger partial charge in [0.2, 0.25) is 5.91 Å². The zero-order chi connectivity index (χ0) is 54.3. The van der Waals surface area contributed by atoms with Gasteiger partial charge in [-0.05, 0) is 76.7 Å². The number of phosphoric acid groups is 1. The summed E-state index contributed by atoms with van der Waals surface area (Å²) in [5, 5.41) is 3.02. The first-order chi connectivity index (χ1) is 35.9. The van der Waals surface area contributed by atoms with Crippen molar-refractivity contribution in [3.8, 4) is 0 Å². The molecule has 0 aliphatic heterocycles. The smallest absolute Gasteiger partial charge is 0.306 e. The van der Waals surface area contributed by atoms with Gasteiger partial charge >= 0.3 is 5.97 Å². The maximum atomic E-state index is 13.5. The summed E-state index contributed by atoms with van der Waals surface area (Å²) in [6, 6.07) is -0.891. The highest BCUT2D eigenvalue weighted by Gasteiger charge is 2.27. The van der Waals surface area contributed by atoms with Crippen LogP contribution in [-0.2, 0) is 27.9 Å². The third kappa shape index (κ3) is 54.5. The number of carbonyl (C=O) groups excluding carboxylic acids is 2. The normalized spacial score (nSPS) is 14.1. The minimum absolute atomic E-state index is 0.0242. The topological polar surface area (TPSA) is 114 Å². The fraction of sp³-hybridized carbons (Fsp3) is 0.812. The molecule has 0 spiro atoms. The fourth-order valence-electron chi connectivity index (χ4n) is 8.86. The Morgan fingerprint density at radius 3 is 1.26 bits per heavy atom. The predicted molar refractivity (Wildman–Crippen MR) is 316 cm³/mol. The average Bonchev–Trinajstić information content (AvgIpc) is 3.36. The third-order valence-electron chi connectivity index (χ3n) is 13.7. The zero-order valence-corrected chi connectivity index (χ0v) is 50.2. The predicted octanol–water partition coefficient (Wildman–Crippen LogP) is 18.4. The van der Waals surface area contributed by atoms with E-state index < -0.39 is 26.6 Å². The van der Waals surface area contributed by atoms with E-state index in [-0.39, 0.29) is 24.9 Å². The molecule has 3 unspecified atom stereocenters. The lowest BCUT2D eigenvalue weighted by atomic mass is 10.0. The molecular weight excluding hydrogens is 940 g/mol. The zero-order valence-electron chi connectivity index (χ0n) is 49.3. The first-order valence-corrected chi connectivity index (χ1v) is 32.6. The number of nitrogens with zero attached hydrogens (tertiary/aromatic N) is 1. The summed E-state index contributed by atoms with van der Waals surface area (Å²) in [4.78, 5) is 39.9. The molecule has 3 atom stereocenters. The monoisotopic (exact) mass is 1060 g/mol. The number of phosphoric ester groups is 1. The number of ether oxygens (including phenoxy) is 1. The first kappa shape index (κ1) is 71.7. The maximum Gasteiger partial charge on any atom is 0.306 e. The van der Waals surface area contributed by atoms with Crippen LogP contribution in [0.4, 0.5) is 0 Å². The number of carbonyl (C=O) groups is 2. The van der Waals surface area contributed by atoms with E-state index >= 15 is 0 Å². The maximum absolute atomic E-state index is 13.5. The number of rotatable bonds is 56. The van der Waals surface area contributed by atoms with Gasteiger partial charge in [-0.15, -0.1) is 0 Å². The highest BCUT2D eigenvalue weighted by molar-refractivity contribution is 7.45. The third-order valence-corrected chi connectivity index (χ3v) is 14.7. The summed E-state index contributed by atoms with van der Waals surface area (Å²) in [6.45, 7) is 6.82. The summed E-state index contributed by atoms with van der Waals surface area (Å²) in [5.41, 5.74) is 0. The van der Waals surface area contributed by atoms with Crippen LogP contribution in [0.5, 0.6) is 0 Å². The quantitative estimate of drug-likeness (QED) is 0.0212. The van der Waals surface area contributed by atoms with E-state index in [4.69, 9.17) is 13.8 Å². The second kappa shape index (κ2) is 54.1. The van der Waals surface area contributed by atoms with Crippen molar-refractivity contribution in [2.45, 2.75) is 296 Å². The van der Waals surface area contributed by atoms with E-state index in [1.54, 1.807) is 0 Å². The Balaban J connectivity index is 5.18. The van der Waals surface area contributed by atoms with E-state index in [1.165, 1.54) is 161 Å². The van der Waals surface area contributed by atoms with E-state index in [0.29, 0.717) is 17.4 Å². The van der Waals surface area contributed by atoms with Gasteiger partial charge in [0.1, 0.15) is 19.3 Å². The second-order valence-corrected chi connectivity index (χ2v) is 23.6. The van der Waals surface area contributed by atoms with Gasteiger partial charge in [0.15, 0.2) is 0 Å². The molecule has 0 saturated carbocycles. The number of esters is 1. The molecule has 0 aromatic heterocycles. The number of hydrogen-bond donors (Lipinski definition) is 1. The standard InChI is InChI=1S/C64H119N2O7P/c1-7-10-13-16-19-22-25-27-29-30-31-32-33-34-35-36-37-39-42-45-48-51-54-57-64(68)73-62(55-52-49-46-43-40-24-21-18-15-12-9-3)61(60-72-74(69,70)71-59-58-66(4,5)6)65-63(67)56-53-50-47-44-41-38-28-26-23-20-17-14-11-8-2/h19,22,27,29,31-32,34-35,52,55,61-62H,7-18,20-21,23-26,28,30,33,36-51,53-54,56-60H2,1-6H3,(H-,65,67,69,70)/b22-19-,29-27-,32-31-,35-34-,55-52+. The van der Waals surface area contributed by atoms with Crippen LogP contribution < -0.4 is 10.2 Å². The molecule has 0 heterocycles. The first-order valence-electron chi connectivity index (χ1n) is 31.1. The Morgan fingerprint density at radius 2 is 0.824 bits per heavy atom. The highest BCUT2D eigenvalue weighted by Crippen LogP contribution is 2.38. The van der Waals surface area contributed by atoms with Gasteiger partial charge in [-0.25, -0.2) is 0 Å². The lowest BCUT2D eigenvalue weighted by Gasteiger charge is -2.30. The molecule has 9 nitrogen and oxygen atoms in total. The van der Waals surface area contributed by atoms with Crippen LogP contribution in [0.1, 0.15) is 284 Å². The van der Waals surface area contributed by atoms with Crippen molar-refractivity contribution in [2.24, 2.45) is 0 Å². The summed E-state index contributed by atoms with van der Waals surface area (Å²) >= 11 is 0. The molecule has 0 fully saturated rings. The van der Waals surface area contributed by atoms with Gasteiger partial charge in [-0.2, -0.15) is 0 Å². The summed E-state index contributed by atoms with van der Waals surface area (Å²) in [5.74, 6) is -0.547. The molecule has 0 aromatic rings. The van der Waals surface area contributed by atoms with Crippen molar-refractivity contribution in [1.82, 2.24) is 5.32 Å². The van der Waals surface area contributed by atoms with Crippen LogP contribution in [-0.4, -0.2) is 69.4 Å². The molecule has 10 heteroatoms. The van der Waals surface area contributed by atoms with Crippen LogP contribution in [0, 0.1) is 0 Å². The Hall–Kier alpha value is -2.29. The van der Waals surface area contributed by atoms with Crippen LogP contribution in [0.3, 0.4) is 0 Å². The molecule has 432 valence electrons. The largest absolute Gasteiger partial charge is 0.756 e. The van der Waals surface area contributed by atoms with Crippen molar-refractivity contribution >= 4 is 19.7 Å². The minimum atomic E-state index is -4.70. The molecule has 1 amide bonds. The number of amides is 1. The van der Waals surface area contributed by atoms with E-state index in [0.717, 1.165) is 89.9 Å². The Morgan fingerprint density at radius 1 is 0.473 bits per heavy atom. The summed E-state index contributed by atoms with van der Waals surface area (Å²) < 4.78 is 30.3. The molecule has 0 rings (SSSR count). The molecule has 0 saturated heterocycles. The van der Waals surface area contributed by atoms with E-state index in [9.17, 15) is 19.0 Å². The number of likely N-dealkylation sites (N-methyl/N-ethyl adjacent to an activating group) is 1. The van der Waals surface area contributed by atoms with Gasteiger partial charge in [0.25, 0.3) is 7.82 Å². The summed E-state index contributed by atoms with van der Waals surface area (Å²) in [6.07, 6.45) is 67.5. The van der Waals surface area contributed by atoms with Crippen LogP contribution in [0.2, 0.25) is 0 Å². The lowest BCUT2D eigenvalue weighted by molar-refractivity contribution is -0.870. The van der Waals surface area contributed by atoms with Crippen LogP contribution >= 0.6 is 7.82 Å². The molecule has 0 radical (unpaired) electrons. The van der Waals surface area contributed by atoms with Crippen molar-refractivity contribution in [1.29, 1.82) is 0 Å². The molecule has 0 aliphatic rings. The number of nitrogens with one attached hydrogen (secondary N) is 1. The Bertz CT molecular complexity index is 1450. The van der Waals surface area contributed by atoms with Gasteiger partial charge in [-0.3, -0.25) is 14.2 Å². The number of hydrogen-bond acceptors (Lipinski definition) is 7. The van der Waals surface area contributed by atoms with Gasteiger partial charge < -0.3 is 28.5 Å². The van der Waals surface area contributed by atoms with Crippen molar-refractivity contribution < 1.29 is 37.3 Å². The van der Waals surface area contributed by atoms with Crippen LogP contribution in [0.15, 0.2) is 60.8 Å². The Kier molecular flexibility index (Phi) is 52.4. The molecule has 0 aromatic carbocycles. The van der Waals surface area contributed by atoms with Crippen molar-refractivity contribution in [2.75, 3.05) is 40.9 Å².